The lowest BCUT2D eigenvalue weighted by Crippen LogP contribution is -2.37. The van der Waals surface area contributed by atoms with Crippen LogP contribution in [0.3, 0.4) is 0 Å². The van der Waals surface area contributed by atoms with Crippen molar-refractivity contribution in [3.63, 3.8) is 0 Å². The zero-order valence-corrected chi connectivity index (χ0v) is 12.7. The van der Waals surface area contributed by atoms with E-state index in [0.29, 0.717) is 19.4 Å². The minimum Gasteiger partial charge on any atom is -0.481 e. The molecule has 1 aromatic carbocycles. The molecular formula is C16H20N2O4. The Morgan fingerprint density at radius 1 is 1.36 bits per heavy atom. The monoisotopic (exact) mass is 304 g/mol. The van der Waals surface area contributed by atoms with E-state index < -0.39 is 17.5 Å². The maximum atomic E-state index is 12.0. The fourth-order valence-electron chi connectivity index (χ4n) is 2.04. The number of benzene rings is 1. The Bertz CT molecular complexity index is 581. The van der Waals surface area contributed by atoms with Gasteiger partial charge in [-0.2, -0.15) is 0 Å². The van der Waals surface area contributed by atoms with Crippen molar-refractivity contribution in [1.82, 2.24) is 5.32 Å². The lowest BCUT2D eigenvalue weighted by molar-refractivity contribution is -0.147. The van der Waals surface area contributed by atoms with Crippen LogP contribution in [0.2, 0.25) is 0 Å². The molecule has 0 radical (unpaired) electrons. The molecule has 1 amide bonds. The summed E-state index contributed by atoms with van der Waals surface area (Å²) in [6.07, 6.45) is 0.119. The van der Waals surface area contributed by atoms with Crippen molar-refractivity contribution < 1.29 is 19.5 Å². The van der Waals surface area contributed by atoms with Crippen LogP contribution in [-0.2, 0) is 14.4 Å². The van der Waals surface area contributed by atoms with E-state index in [4.69, 9.17) is 9.94 Å². The van der Waals surface area contributed by atoms with Crippen LogP contribution >= 0.6 is 0 Å². The van der Waals surface area contributed by atoms with Crippen LogP contribution in [0.5, 0.6) is 0 Å². The van der Waals surface area contributed by atoms with Gasteiger partial charge in [0.25, 0.3) is 5.91 Å². The van der Waals surface area contributed by atoms with Crippen molar-refractivity contribution in [3.05, 3.63) is 35.9 Å². The van der Waals surface area contributed by atoms with Gasteiger partial charge >= 0.3 is 5.97 Å². The molecule has 1 heterocycles. The van der Waals surface area contributed by atoms with E-state index >= 15 is 0 Å². The smallest absolute Gasteiger partial charge is 0.309 e. The lowest BCUT2D eigenvalue weighted by Gasteiger charge is -2.19. The van der Waals surface area contributed by atoms with Crippen LogP contribution in [-0.4, -0.2) is 35.3 Å². The molecule has 0 aromatic heterocycles. The Labute approximate surface area is 129 Å². The lowest BCUT2D eigenvalue weighted by atomic mass is 9.89. The average molecular weight is 304 g/mol. The van der Waals surface area contributed by atoms with E-state index in [9.17, 15) is 9.59 Å². The molecular weight excluding hydrogens is 284 g/mol. The highest BCUT2D eigenvalue weighted by Crippen LogP contribution is 2.20. The number of rotatable bonds is 6. The maximum absolute atomic E-state index is 12.0. The number of nitrogens with zero attached hydrogens (tertiary/aromatic N) is 1. The van der Waals surface area contributed by atoms with Gasteiger partial charge in [0.1, 0.15) is 0 Å². The second-order valence-electron chi connectivity index (χ2n) is 5.93. The quantitative estimate of drug-likeness (QED) is 0.838. The van der Waals surface area contributed by atoms with Crippen LogP contribution < -0.4 is 5.32 Å². The third kappa shape index (κ3) is 3.84. The Morgan fingerprint density at radius 2 is 2.05 bits per heavy atom. The molecule has 2 rings (SSSR count). The summed E-state index contributed by atoms with van der Waals surface area (Å²) in [5.74, 6) is -1.15. The predicted molar refractivity (Wildman–Crippen MR) is 81.5 cm³/mol. The van der Waals surface area contributed by atoms with Crippen LogP contribution in [0.1, 0.15) is 32.3 Å². The zero-order chi connectivity index (χ0) is 16.2. The van der Waals surface area contributed by atoms with E-state index in [-0.39, 0.29) is 5.91 Å². The second kappa shape index (κ2) is 6.60. The molecule has 0 spiro atoms. The number of hydrogen-bond donors (Lipinski definition) is 2. The zero-order valence-electron chi connectivity index (χ0n) is 12.7. The van der Waals surface area contributed by atoms with Crippen molar-refractivity contribution in [2.24, 2.45) is 10.6 Å². The Morgan fingerprint density at radius 3 is 2.68 bits per heavy atom. The maximum Gasteiger partial charge on any atom is 0.309 e. The summed E-state index contributed by atoms with van der Waals surface area (Å²) in [6, 6.07) is 9.54. The van der Waals surface area contributed by atoms with Gasteiger partial charge in [-0.15, -0.1) is 0 Å². The highest BCUT2D eigenvalue weighted by Gasteiger charge is 2.30. The van der Waals surface area contributed by atoms with Crippen LogP contribution in [0, 0.1) is 5.41 Å². The standard InChI is InChI=1S/C16H20N2O4/c1-16(2,15(20)21)8-9-17-14(19)13-10-12(18-22-13)11-6-4-3-5-7-11/h3-7,13H,8-10H2,1-2H3,(H,17,19)(H,20,21). The number of hydrogen-bond acceptors (Lipinski definition) is 4. The first-order valence-electron chi connectivity index (χ1n) is 7.19. The number of carbonyl (C=O) groups is 2. The van der Waals surface area contributed by atoms with E-state index in [2.05, 4.69) is 10.5 Å². The molecule has 0 saturated carbocycles. The third-order valence-electron chi connectivity index (χ3n) is 3.70. The van der Waals surface area contributed by atoms with Gasteiger partial charge in [0, 0.05) is 13.0 Å². The van der Waals surface area contributed by atoms with E-state index in [0.717, 1.165) is 11.3 Å². The Balaban J connectivity index is 1.80. The van der Waals surface area contributed by atoms with Crippen LogP contribution in [0.15, 0.2) is 35.5 Å². The third-order valence-corrected chi connectivity index (χ3v) is 3.70. The molecule has 118 valence electrons. The average Bonchev–Trinajstić information content (AvgIpc) is 2.97. The van der Waals surface area contributed by atoms with Gasteiger partial charge in [-0.3, -0.25) is 9.59 Å². The highest BCUT2D eigenvalue weighted by atomic mass is 16.6. The van der Waals surface area contributed by atoms with Gasteiger partial charge in [0.2, 0.25) is 6.10 Å². The summed E-state index contributed by atoms with van der Waals surface area (Å²) in [4.78, 5) is 28.2. The molecule has 1 aliphatic heterocycles. The summed E-state index contributed by atoms with van der Waals surface area (Å²) < 4.78 is 0. The Kier molecular flexibility index (Phi) is 4.80. The number of oxime groups is 1. The molecule has 1 aliphatic rings. The van der Waals surface area contributed by atoms with E-state index in [1.807, 2.05) is 30.3 Å². The molecule has 1 unspecified atom stereocenters. The number of carbonyl (C=O) groups excluding carboxylic acids is 1. The van der Waals surface area contributed by atoms with Crippen molar-refractivity contribution in [2.45, 2.75) is 32.8 Å². The van der Waals surface area contributed by atoms with E-state index in [1.165, 1.54) is 0 Å². The summed E-state index contributed by atoms with van der Waals surface area (Å²) in [5.41, 5.74) is 0.812. The van der Waals surface area contributed by atoms with Gasteiger partial charge in [-0.05, 0) is 25.8 Å². The van der Waals surface area contributed by atoms with Crippen molar-refractivity contribution in [2.75, 3.05) is 6.54 Å². The number of amides is 1. The number of nitrogens with one attached hydrogen (secondary N) is 1. The van der Waals surface area contributed by atoms with Crippen LogP contribution in [0.4, 0.5) is 0 Å². The fraction of sp³-hybridized carbons (Fsp3) is 0.438. The van der Waals surface area contributed by atoms with Crippen molar-refractivity contribution in [3.8, 4) is 0 Å². The minimum atomic E-state index is -0.881. The first kappa shape index (κ1) is 16.0. The molecule has 0 bridgehead atoms. The van der Waals surface area contributed by atoms with Crippen molar-refractivity contribution >= 4 is 17.6 Å². The minimum absolute atomic E-state index is 0.268. The SMILES string of the molecule is CC(C)(CCNC(=O)C1CC(c2ccccc2)=NO1)C(=O)O. The molecule has 1 aromatic rings. The largest absolute Gasteiger partial charge is 0.481 e. The highest BCUT2D eigenvalue weighted by molar-refractivity contribution is 6.04. The topological polar surface area (TPSA) is 88.0 Å². The second-order valence-corrected chi connectivity index (χ2v) is 5.93. The Hall–Kier alpha value is -2.37. The molecule has 2 N–H and O–H groups in total. The fourth-order valence-corrected chi connectivity index (χ4v) is 2.04. The number of carboxylic acids is 1. The molecule has 1 atom stereocenters. The summed E-state index contributed by atoms with van der Waals surface area (Å²) in [7, 11) is 0. The number of carboxylic acid groups (broad SMARTS) is 1. The van der Waals surface area contributed by atoms with Gasteiger partial charge < -0.3 is 15.3 Å². The molecule has 6 nitrogen and oxygen atoms in total. The van der Waals surface area contributed by atoms with Crippen LogP contribution in [0.25, 0.3) is 0 Å². The van der Waals surface area contributed by atoms with Gasteiger partial charge in [-0.25, -0.2) is 0 Å². The van der Waals surface area contributed by atoms with Gasteiger partial charge in [0.05, 0.1) is 11.1 Å². The molecule has 6 heteroatoms. The first-order chi connectivity index (χ1) is 10.4. The van der Waals surface area contributed by atoms with Gasteiger partial charge in [0.15, 0.2) is 0 Å². The predicted octanol–water partition coefficient (Wildman–Crippen LogP) is 1.80. The summed E-state index contributed by atoms with van der Waals surface area (Å²) in [5, 5.41) is 15.7. The van der Waals surface area contributed by atoms with Crippen molar-refractivity contribution in [1.29, 1.82) is 0 Å². The summed E-state index contributed by atoms with van der Waals surface area (Å²) in [6.45, 7) is 3.55. The molecule has 0 aliphatic carbocycles. The van der Waals surface area contributed by atoms with E-state index in [1.54, 1.807) is 13.8 Å². The van der Waals surface area contributed by atoms with Gasteiger partial charge in [-0.1, -0.05) is 35.5 Å². The normalized spacial score (nSPS) is 17.5. The molecule has 0 fully saturated rings. The first-order valence-corrected chi connectivity index (χ1v) is 7.19. The summed E-state index contributed by atoms with van der Waals surface area (Å²) >= 11 is 0. The molecule has 22 heavy (non-hydrogen) atoms. The number of aliphatic carboxylic acids is 1. The molecule has 0 saturated heterocycles.